The van der Waals surface area contributed by atoms with Crippen molar-refractivity contribution in [3.63, 3.8) is 0 Å². The number of morpholine rings is 1. The van der Waals surface area contributed by atoms with Gasteiger partial charge in [0.05, 0.1) is 17.9 Å². The van der Waals surface area contributed by atoms with E-state index in [0.29, 0.717) is 5.13 Å². The summed E-state index contributed by atoms with van der Waals surface area (Å²) in [6, 6.07) is 0. The quantitative estimate of drug-likeness (QED) is 0.868. The van der Waals surface area contributed by atoms with Gasteiger partial charge in [0, 0.05) is 31.4 Å². The Morgan fingerprint density at radius 1 is 1.62 bits per heavy atom. The minimum absolute atomic E-state index is 0.0145. The molecule has 90 valence electrons. The number of nitrogens with two attached hydrogens (primary N) is 1. The van der Waals surface area contributed by atoms with E-state index in [2.05, 4.69) is 23.7 Å². The van der Waals surface area contributed by atoms with Gasteiger partial charge in [0.2, 0.25) is 0 Å². The van der Waals surface area contributed by atoms with Gasteiger partial charge in [-0.3, -0.25) is 4.90 Å². The van der Waals surface area contributed by atoms with E-state index in [0.717, 1.165) is 38.4 Å². The van der Waals surface area contributed by atoms with E-state index in [-0.39, 0.29) is 5.60 Å². The number of aromatic nitrogens is 1. The molecule has 2 rings (SSSR count). The molecule has 0 atom stereocenters. The summed E-state index contributed by atoms with van der Waals surface area (Å²) in [6.45, 7) is 8.15. The van der Waals surface area contributed by atoms with Gasteiger partial charge >= 0.3 is 0 Å². The van der Waals surface area contributed by atoms with Crippen LogP contribution in [0.1, 0.15) is 19.5 Å². The highest BCUT2D eigenvalue weighted by atomic mass is 32.1. The highest BCUT2D eigenvalue weighted by Crippen LogP contribution is 2.17. The van der Waals surface area contributed by atoms with Crippen molar-refractivity contribution in [3.8, 4) is 0 Å². The van der Waals surface area contributed by atoms with Crippen LogP contribution >= 0.6 is 11.3 Å². The van der Waals surface area contributed by atoms with Gasteiger partial charge in [0.1, 0.15) is 0 Å². The Labute approximate surface area is 100 Å². The number of thiazole rings is 1. The predicted octanol–water partition coefficient (Wildman–Crippen LogP) is 1.38. The maximum Gasteiger partial charge on any atom is 0.180 e. The summed E-state index contributed by atoms with van der Waals surface area (Å²) in [5, 5.41) is 2.71. The highest BCUT2D eigenvalue weighted by molar-refractivity contribution is 7.13. The second-order valence-corrected chi connectivity index (χ2v) is 5.70. The highest BCUT2D eigenvalue weighted by Gasteiger charge is 2.26. The third-order valence-electron chi connectivity index (χ3n) is 2.76. The summed E-state index contributed by atoms with van der Waals surface area (Å²) >= 11 is 1.51. The average Bonchev–Trinajstić information content (AvgIpc) is 2.60. The lowest BCUT2D eigenvalue weighted by Gasteiger charge is -2.38. The first-order valence-corrected chi connectivity index (χ1v) is 6.49. The zero-order valence-corrected chi connectivity index (χ0v) is 10.7. The maximum atomic E-state index is 5.68. The van der Waals surface area contributed by atoms with Crippen LogP contribution in [0.2, 0.25) is 0 Å². The first-order valence-electron chi connectivity index (χ1n) is 5.61. The molecule has 0 spiro atoms. The Morgan fingerprint density at radius 3 is 3.06 bits per heavy atom. The number of rotatable bonds is 3. The molecule has 4 nitrogen and oxygen atoms in total. The summed E-state index contributed by atoms with van der Waals surface area (Å²) < 4.78 is 5.68. The summed E-state index contributed by atoms with van der Waals surface area (Å²) in [5.74, 6) is 0. The minimum Gasteiger partial charge on any atom is -0.375 e. The van der Waals surface area contributed by atoms with Crippen LogP contribution in [-0.4, -0.2) is 41.7 Å². The summed E-state index contributed by atoms with van der Waals surface area (Å²) in [6.07, 6.45) is 0.976. The minimum atomic E-state index is -0.0145. The molecule has 2 N–H and O–H groups in total. The normalized spacial score (nSPS) is 21.1. The molecule has 0 saturated carbocycles. The molecule has 16 heavy (non-hydrogen) atoms. The van der Waals surface area contributed by atoms with Crippen LogP contribution < -0.4 is 5.73 Å². The fourth-order valence-corrected chi connectivity index (χ4v) is 2.61. The van der Waals surface area contributed by atoms with Gasteiger partial charge in [-0.05, 0) is 13.8 Å². The number of nitrogens with zero attached hydrogens (tertiary/aromatic N) is 2. The van der Waals surface area contributed by atoms with Gasteiger partial charge < -0.3 is 10.5 Å². The van der Waals surface area contributed by atoms with Crippen LogP contribution in [0.3, 0.4) is 0 Å². The van der Waals surface area contributed by atoms with E-state index < -0.39 is 0 Å². The summed E-state index contributed by atoms with van der Waals surface area (Å²) in [7, 11) is 0. The van der Waals surface area contributed by atoms with Gasteiger partial charge in [-0.15, -0.1) is 11.3 Å². The average molecular weight is 241 g/mol. The molecule has 0 bridgehead atoms. The van der Waals surface area contributed by atoms with Crippen molar-refractivity contribution in [1.82, 2.24) is 9.88 Å². The van der Waals surface area contributed by atoms with E-state index in [1.54, 1.807) is 0 Å². The lowest BCUT2D eigenvalue weighted by Crippen LogP contribution is -2.48. The molecule has 1 aliphatic rings. The Kier molecular flexibility index (Phi) is 3.47. The smallest absolute Gasteiger partial charge is 0.180 e. The van der Waals surface area contributed by atoms with Gasteiger partial charge in [-0.2, -0.15) is 0 Å². The number of hydrogen-bond acceptors (Lipinski definition) is 5. The van der Waals surface area contributed by atoms with Crippen molar-refractivity contribution in [2.75, 3.05) is 32.0 Å². The van der Waals surface area contributed by atoms with Crippen molar-refractivity contribution in [3.05, 3.63) is 11.1 Å². The van der Waals surface area contributed by atoms with Crippen molar-refractivity contribution < 1.29 is 4.74 Å². The molecule has 1 saturated heterocycles. The number of nitrogen functional groups attached to an aromatic ring is 1. The lowest BCUT2D eigenvalue weighted by atomic mass is 10.1. The van der Waals surface area contributed by atoms with Crippen molar-refractivity contribution >= 4 is 16.5 Å². The number of hydrogen-bond donors (Lipinski definition) is 1. The molecule has 2 heterocycles. The number of anilines is 1. The number of ether oxygens (including phenoxy) is 1. The Bertz CT molecular complexity index is 351. The van der Waals surface area contributed by atoms with Gasteiger partial charge in [-0.1, -0.05) is 0 Å². The van der Waals surface area contributed by atoms with E-state index in [4.69, 9.17) is 10.5 Å². The Balaban J connectivity index is 1.82. The zero-order chi connectivity index (χ0) is 11.6. The molecule has 1 aromatic rings. The molecule has 5 heteroatoms. The molecule has 0 unspecified atom stereocenters. The zero-order valence-electron chi connectivity index (χ0n) is 9.90. The first kappa shape index (κ1) is 11.8. The van der Waals surface area contributed by atoms with Crippen molar-refractivity contribution in [2.24, 2.45) is 0 Å². The topological polar surface area (TPSA) is 51.4 Å². The summed E-state index contributed by atoms with van der Waals surface area (Å²) in [4.78, 5) is 6.70. The molecule has 1 aliphatic heterocycles. The van der Waals surface area contributed by atoms with Crippen LogP contribution in [0.25, 0.3) is 0 Å². The molecule has 0 aliphatic carbocycles. The molecule has 0 radical (unpaired) electrons. The van der Waals surface area contributed by atoms with E-state index in [1.807, 2.05) is 5.38 Å². The van der Waals surface area contributed by atoms with Crippen LogP contribution in [0, 0.1) is 0 Å². The molecular weight excluding hydrogens is 222 g/mol. The second kappa shape index (κ2) is 4.69. The van der Waals surface area contributed by atoms with Gasteiger partial charge in [-0.25, -0.2) is 4.98 Å². The molecular formula is C11H19N3OS. The molecule has 1 aromatic heterocycles. The molecule has 0 aromatic carbocycles. The van der Waals surface area contributed by atoms with Gasteiger partial charge in [0.25, 0.3) is 0 Å². The third-order valence-corrected chi connectivity index (χ3v) is 3.48. The maximum absolute atomic E-state index is 5.68. The van der Waals surface area contributed by atoms with E-state index >= 15 is 0 Å². The fourth-order valence-electron chi connectivity index (χ4n) is 2.02. The van der Waals surface area contributed by atoms with E-state index in [1.165, 1.54) is 11.3 Å². The molecule has 0 amide bonds. The van der Waals surface area contributed by atoms with Crippen LogP contribution in [0.4, 0.5) is 5.13 Å². The summed E-state index contributed by atoms with van der Waals surface area (Å²) in [5.41, 5.74) is 6.69. The second-order valence-electron chi connectivity index (χ2n) is 4.81. The monoisotopic (exact) mass is 241 g/mol. The molecule has 1 fully saturated rings. The van der Waals surface area contributed by atoms with Crippen LogP contribution in [-0.2, 0) is 11.2 Å². The Hall–Kier alpha value is -0.650. The first-order chi connectivity index (χ1) is 7.55. The SMILES string of the molecule is CC1(C)CN(CCc2csc(N)n2)CCO1. The third kappa shape index (κ3) is 3.17. The van der Waals surface area contributed by atoms with Crippen LogP contribution in [0.5, 0.6) is 0 Å². The van der Waals surface area contributed by atoms with Crippen LogP contribution in [0.15, 0.2) is 5.38 Å². The van der Waals surface area contributed by atoms with Crippen molar-refractivity contribution in [1.29, 1.82) is 0 Å². The predicted molar refractivity (Wildman–Crippen MR) is 66.7 cm³/mol. The lowest BCUT2D eigenvalue weighted by molar-refractivity contribution is -0.0856. The Morgan fingerprint density at radius 2 is 2.44 bits per heavy atom. The fraction of sp³-hybridized carbons (Fsp3) is 0.727. The largest absolute Gasteiger partial charge is 0.375 e. The van der Waals surface area contributed by atoms with Crippen molar-refractivity contribution in [2.45, 2.75) is 25.9 Å². The van der Waals surface area contributed by atoms with Gasteiger partial charge in [0.15, 0.2) is 5.13 Å². The standard InChI is InChI=1S/C11H19N3OS/c1-11(2)8-14(5-6-15-11)4-3-9-7-16-10(12)13-9/h7H,3-6,8H2,1-2H3,(H2,12,13). The van der Waals surface area contributed by atoms with E-state index in [9.17, 15) is 0 Å².